The average Bonchev–Trinajstić information content (AvgIpc) is 2.35. The lowest BCUT2D eigenvalue weighted by atomic mass is 9.92. The first kappa shape index (κ1) is 17.9. The summed E-state index contributed by atoms with van der Waals surface area (Å²) in [5.41, 5.74) is 7.92. The third-order valence-electron chi connectivity index (χ3n) is 3.29. The van der Waals surface area contributed by atoms with Gasteiger partial charge < -0.3 is 11.1 Å². The van der Waals surface area contributed by atoms with Crippen LogP contribution >= 0.6 is 12.4 Å². The highest BCUT2D eigenvalue weighted by Crippen LogP contribution is 2.24. The number of benzene rings is 1. The summed E-state index contributed by atoms with van der Waals surface area (Å²) < 4.78 is 0. The van der Waals surface area contributed by atoms with E-state index in [1.807, 2.05) is 19.1 Å². The van der Waals surface area contributed by atoms with E-state index in [1.165, 1.54) is 11.1 Å². The third-order valence-corrected chi connectivity index (χ3v) is 3.29. The monoisotopic (exact) mass is 284 g/mol. The fraction of sp³-hybridized carbons (Fsp3) is 0.533. The van der Waals surface area contributed by atoms with Gasteiger partial charge in [-0.1, -0.05) is 45.0 Å². The Kier molecular flexibility index (Phi) is 7.72. The molecular weight excluding hydrogens is 260 g/mol. The average molecular weight is 285 g/mol. The van der Waals surface area contributed by atoms with Gasteiger partial charge in [0.1, 0.15) is 0 Å². The Bertz CT molecular complexity index is 407. The number of halogens is 1. The summed E-state index contributed by atoms with van der Waals surface area (Å²) in [6.07, 6.45) is 0. The van der Waals surface area contributed by atoms with E-state index < -0.39 is 0 Å². The van der Waals surface area contributed by atoms with E-state index in [4.69, 9.17) is 5.73 Å². The van der Waals surface area contributed by atoms with Crippen molar-refractivity contribution in [1.29, 1.82) is 0 Å². The highest BCUT2D eigenvalue weighted by atomic mass is 35.5. The van der Waals surface area contributed by atoms with Gasteiger partial charge in [0.25, 0.3) is 0 Å². The van der Waals surface area contributed by atoms with Crippen LogP contribution in [0.3, 0.4) is 0 Å². The van der Waals surface area contributed by atoms with Crippen LogP contribution in [-0.2, 0) is 4.79 Å². The first-order valence-electron chi connectivity index (χ1n) is 6.53. The zero-order chi connectivity index (χ0) is 13.7. The Morgan fingerprint density at radius 3 is 2.32 bits per heavy atom. The van der Waals surface area contributed by atoms with Gasteiger partial charge in [-0.05, 0) is 24.0 Å². The Balaban J connectivity index is 0.00000324. The number of nitrogens with two attached hydrogens (primary N) is 1. The lowest BCUT2D eigenvalue weighted by molar-refractivity contribution is -0.125. The van der Waals surface area contributed by atoms with Crippen molar-refractivity contribution in [2.75, 3.05) is 6.54 Å². The van der Waals surface area contributed by atoms with E-state index in [9.17, 15) is 4.79 Å². The molecule has 0 saturated carbocycles. The number of amides is 1. The van der Waals surface area contributed by atoms with Crippen molar-refractivity contribution < 1.29 is 4.79 Å². The lowest BCUT2D eigenvalue weighted by Crippen LogP contribution is -2.38. The molecule has 1 amide bonds. The van der Waals surface area contributed by atoms with Gasteiger partial charge in [0.05, 0.1) is 6.04 Å². The fourth-order valence-corrected chi connectivity index (χ4v) is 1.94. The summed E-state index contributed by atoms with van der Waals surface area (Å²) in [6.45, 7) is 8.53. The predicted molar refractivity (Wildman–Crippen MR) is 82.4 cm³/mol. The smallest absolute Gasteiger partial charge is 0.224 e. The summed E-state index contributed by atoms with van der Waals surface area (Å²) in [5, 5.41) is 3.11. The molecule has 19 heavy (non-hydrogen) atoms. The van der Waals surface area contributed by atoms with Crippen LogP contribution in [0.25, 0.3) is 0 Å². The molecule has 0 fully saturated rings. The number of hydrogen-bond acceptors (Lipinski definition) is 2. The van der Waals surface area contributed by atoms with Gasteiger partial charge in [0, 0.05) is 12.5 Å². The van der Waals surface area contributed by atoms with Gasteiger partial charge in [-0.15, -0.1) is 12.4 Å². The molecule has 0 aliphatic carbocycles. The van der Waals surface area contributed by atoms with Crippen molar-refractivity contribution in [3.05, 3.63) is 35.4 Å². The highest BCUT2D eigenvalue weighted by molar-refractivity contribution is 5.85. The minimum absolute atomic E-state index is 0. The molecule has 1 aromatic carbocycles. The highest BCUT2D eigenvalue weighted by Gasteiger charge is 2.21. The number of hydrogen-bond donors (Lipinski definition) is 2. The molecule has 0 aromatic heterocycles. The van der Waals surface area contributed by atoms with Crippen LogP contribution in [0.1, 0.15) is 37.9 Å². The standard InChI is InChI=1S/C15H24N2O.ClH/c1-10(2)14(17-15(18)12(4)9-16)13-8-6-5-7-11(13)3;/h5-8,10,12,14H,9,16H2,1-4H3,(H,17,18);1H. The normalized spacial score (nSPS) is 13.6. The van der Waals surface area contributed by atoms with Crippen LogP contribution in [0, 0.1) is 18.8 Å². The van der Waals surface area contributed by atoms with Gasteiger partial charge >= 0.3 is 0 Å². The van der Waals surface area contributed by atoms with Gasteiger partial charge in [-0.2, -0.15) is 0 Å². The first-order chi connectivity index (χ1) is 8.47. The van der Waals surface area contributed by atoms with E-state index in [0.29, 0.717) is 12.5 Å². The second-order valence-electron chi connectivity index (χ2n) is 5.22. The second-order valence-corrected chi connectivity index (χ2v) is 5.22. The predicted octanol–water partition coefficient (Wildman–Crippen LogP) is 2.82. The van der Waals surface area contributed by atoms with Gasteiger partial charge in [0.15, 0.2) is 0 Å². The van der Waals surface area contributed by atoms with Crippen LogP contribution in [0.15, 0.2) is 24.3 Å². The second kappa shape index (κ2) is 8.18. The van der Waals surface area contributed by atoms with Gasteiger partial charge in [0.2, 0.25) is 5.91 Å². The van der Waals surface area contributed by atoms with Crippen LogP contribution in [-0.4, -0.2) is 12.5 Å². The molecule has 108 valence electrons. The molecule has 2 unspecified atom stereocenters. The fourth-order valence-electron chi connectivity index (χ4n) is 1.94. The molecule has 3 N–H and O–H groups in total. The Morgan fingerprint density at radius 1 is 1.26 bits per heavy atom. The molecule has 0 spiro atoms. The van der Waals surface area contributed by atoms with E-state index in [2.05, 4.69) is 38.2 Å². The van der Waals surface area contributed by atoms with Crippen LogP contribution in [0.2, 0.25) is 0 Å². The number of carbonyl (C=O) groups is 1. The maximum atomic E-state index is 12.0. The molecule has 0 aliphatic heterocycles. The Hall–Kier alpha value is -1.06. The zero-order valence-electron chi connectivity index (χ0n) is 12.1. The topological polar surface area (TPSA) is 55.1 Å². The Morgan fingerprint density at radius 2 is 1.84 bits per heavy atom. The molecule has 0 aliphatic rings. The summed E-state index contributed by atoms with van der Waals surface area (Å²) in [5.74, 6) is 0.231. The van der Waals surface area contributed by atoms with E-state index >= 15 is 0 Å². The van der Waals surface area contributed by atoms with Crippen LogP contribution in [0.5, 0.6) is 0 Å². The molecule has 0 heterocycles. The van der Waals surface area contributed by atoms with E-state index in [0.717, 1.165) is 0 Å². The number of nitrogens with one attached hydrogen (secondary N) is 1. The third kappa shape index (κ3) is 4.84. The molecule has 0 saturated heterocycles. The van der Waals surface area contributed by atoms with Crippen LogP contribution in [0.4, 0.5) is 0 Å². The van der Waals surface area contributed by atoms with Crippen molar-refractivity contribution in [3.63, 3.8) is 0 Å². The molecule has 0 radical (unpaired) electrons. The van der Waals surface area contributed by atoms with Gasteiger partial charge in [-0.25, -0.2) is 0 Å². The minimum Gasteiger partial charge on any atom is -0.349 e. The number of aryl methyl sites for hydroxylation is 1. The van der Waals surface area contributed by atoms with Crippen LogP contribution < -0.4 is 11.1 Å². The van der Waals surface area contributed by atoms with Crippen molar-refractivity contribution in [2.45, 2.75) is 33.7 Å². The maximum Gasteiger partial charge on any atom is 0.224 e. The molecule has 1 rings (SSSR count). The quantitative estimate of drug-likeness (QED) is 0.873. The number of rotatable bonds is 5. The van der Waals surface area contributed by atoms with E-state index in [1.54, 1.807) is 0 Å². The maximum absolute atomic E-state index is 12.0. The van der Waals surface area contributed by atoms with E-state index in [-0.39, 0.29) is 30.3 Å². The largest absolute Gasteiger partial charge is 0.349 e. The summed E-state index contributed by atoms with van der Waals surface area (Å²) >= 11 is 0. The summed E-state index contributed by atoms with van der Waals surface area (Å²) in [6, 6.07) is 8.22. The molecule has 1 aromatic rings. The summed E-state index contributed by atoms with van der Waals surface area (Å²) in [4.78, 5) is 12.0. The van der Waals surface area contributed by atoms with Crippen molar-refractivity contribution in [2.24, 2.45) is 17.6 Å². The molecule has 0 bridgehead atoms. The summed E-state index contributed by atoms with van der Waals surface area (Å²) in [7, 11) is 0. The first-order valence-corrected chi connectivity index (χ1v) is 6.53. The van der Waals surface area contributed by atoms with Gasteiger partial charge in [-0.3, -0.25) is 4.79 Å². The molecule has 2 atom stereocenters. The molecular formula is C15H25ClN2O. The Labute approximate surface area is 122 Å². The molecule has 4 heteroatoms. The SMILES string of the molecule is Cc1ccccc1C(NC(=O)C(C)CN)C(C)C.Cl. The van der Waals surface area contributed by atoms with Crippen molar-refractivity contribution in [1.82, 2.24) is 5.32 Å². The number of carbonyl (C=O) groups excluding carboxylic acids is 1. The minimum atomic E-state index is -0.143. The molecule has 3 nitrogen and oxygen atoms in total. The van der Waals surface area contributed by atoms with Crippen molar-refractivity contribution in [3.8, 4) is 0 Å². The van der Waals surface area contributed by atoms with Crippen molar-refractivity contribution >= 4 is 18.3 Å². The lowest BCUT2D eigenvalue weighted by Gasteiger charge is -2.25. The zero-order valence-corrected chi connectivity index (χ0v) is 13.0.